The zero-order valence-electron chi connectivity index (χ0n) is 9.93. The molecule has 0 spiro atoms. The first kappa shape index (κ1) is 13.0. The van der Waals surface area contributed by atoms with Crippen molar-refractivity contribution >= 4 is 11.6 Å². The van der Waals surface area contributed by atoms with Gasteiger partial charge in [0.15, 0.2) is 0 Å². The van der Waals surface area contributed by atoms with Crippen molar-refractivity contribution in [2.75, 3.05) is 0 Å². The van der Waals surface area contributed by atoms with Gasteiger partial charge in [0, 0.05) is 6.07 Å². The third-order valence-corrected chi connectivity index (χ3v) is 2.84. The Kier molecular flexibility index (Phi) is 4.03. The SMILES string of the molecule is N#Cc1cccc(COc2ccc(C#N)c(Cl)c2)c1. The van der Waals surface area contributed by atoms with E-state index in [0.717, 1.165) is 5.56 Å². The van der Waals surface area contributed by atoms with Crippen molar-refractivity contribution in [2.24, 2.45) is 0 Å². The Morgan fingerprint density at radius 3 is 2.58 bits per heavy atom. The maximum absolute atomic E-state index is 8.80. The first-order valence-corrected chi connectivity index (χ1v) is 5.92. The van der Waals surface area contributed by atoms with Gasteiger partial charge in [0.1, 0.15) is 18.4 Å². The maximum Gasteiger partial charge on any atom is 0.121 e. The van der Waals surface area contributed by atoms with Crippen LogP contribution in [0.4, 0.5) is 0 Å². The molecule has 0 fully saturated rings. The molecule has 0 bridgehead atoms. The summed E-state index contributed by atoms with van der Waals surface area (Å²) in [6, 6.07) is 16.2. The van der Waals surface area contributed by atoms with Gasteiger partial charge in [-0.05, 0) is 29.8 Å². The van der Waals surface area contributed by atoms with Gasteiger partial charge >= 0.3 is 0 Å². The van der Waals surface area contributed by atoms with E-state index < -0.39 is 0 Å². The van der Waals surface area contributed by atoms with Crippen LogP contribution in [0.3, 0.4) is 0 Å². The highest BCUT2D eigenvalue weighted by atomic mass is 35.5. The summed E-state index contributed by atoms with van der Waals surface area (Å²) in [6.45, 7) is 0.345. The Balaban J connectivity index is 2.09. The van der Waals surface area contributed by atoms with Crippen LogP contribution in [0.15, 0.2) is 42.5 Å². The number of nitrogens with zero attached hydrogens (tertiary/aromatic N) is 2. The van der Waals surface area contributed by atoms with E-state index in [9.17, 15) is 0 Å². The summed E-state index contributed by atoms with van der Waals surface area (Å²) >= 11 is 5.91. The van der Waals surface area contributed by atoms with Crippen LogP contribution in [0.25, 0.3) is 0 Å². The molecule has 19 heavy (non-hydrogen) atoms. The topological polar surface area (TPSA) is 56.8 Å². The van der Waals surface area contributed by atoms with Gasteiger partial charge in [-0.1, -0.05) is 23.7 Å². The van der Waals surface area contributed by atoms with E-state index in [1.165, 1.54) is 0 Å². The summed E-state index contributed by atoms with van der Waals surface area (Å²) in [5, 5.41) is 17.9. The summed E-state index contributed by atoms with van der Waals surface area (Å²) in [7, 11) is 0. The lowest BCUT2D eigenvalue weighted by atomic mass is 10.1. The molecule has 4 heteroatoms. The summed E-state index contributed by atoms with van der Waals surface area (Å²) in [5.41, 5.74) is 1.92. The molecule has 2 aromatic rings. The van der Waals surface area contributed by atoms with Crippen molar-refractivity contribution in [2.45, 2.75) is 6.61 Å². The van der Waals surface area contributed by atoms with Crippen LogP contribution >= 0.6 is 11.6 Å². The zero-order chi connectivity index (χ0) is 13.7. The third kappa shape index (κ3) is 3.25. The van der Waals surface area contributed by atoms with Crippen molar-refractivity contribution in [3.63, 3.8) is 0 Å². The zero-order valence-corrected chi connectivity index (χ0v) is 10.7. The van der Waals surface area contributed by atoms with Crippen molar-refractivity contribution < 1.29 is 4.74 Å². The molecule has 0 heterocycles. The number of halogens is 1. The second-order valence-corrected chi connectivity index (χ2v) is 4.26. The maximum atomic E-state index is 8.80. The normalized spacial score (nSPS) is 9.42. The fraction of sp³-hybridized carbons (Fsp3) is 0.0667. The summed E-state index contributed by atoms with van der Waals surface area (Å²) < 4.78 is 5.57. The molecule has 0 saturated carbocycles. The average molecular weight is 269 g/mol. The van der Waals surface area contributed by atoms with Crippen LogP contribution in [0.2, 0.25) is 5.02 Å². The molecular weight excluding hydrogens is 260 g/mol. The largest absolute Gasteiger partial charge is 0.489 e. The number of rotatable bonds is 3. The van der Waals surface area contributed by atoms with Gasteiger partial charge in [-0.3, -0.25) is 0 Å². The highest BCUT2D eigenvalue weighted by molar-refractivity contribution is 6.31. The van der Waals surface area contributed by atoms with Gasteiger partial charge in [0.25, 0.3) is 0 Å². The van der Waals surface area contributed by atoms with Gasteiger partial charge in [0.2, 0.25) is 0 Å². The predicted octanol–water partition coefficient (Wildman–Crippen LogP) is 3.66. The van der Waals surface area contributed by atoms with E-state index in [1.54, 1.807) is 30.3 Å². The van der Waals surface area contributed by atoms with E-state index in [2.05, 4.69) is 6.07 Å². The van der Waals surface area contributed by atoms with E-state index in [1.807, 2.05) is 18.2 Å². The van der Waals surface area contributed by atoms with Crippen LogP contribution < -0.4 is 4.74 Å². The van der Waals surface area contributed by atoms with E-state index in [-0.39, 0.29) is 0 Å². The molecule has 0 N–H and O–H groups in total. The predicted molar refractivity (Wildman–Crippen MR) is 71.7 cm³/mol. The number of benzene rings is 2. The smallest absolute Gasteiger partial charge is 0.121 e. The molecule has 0 aromatic heterocycles. The molecule has 0 aliphatic heterocycles. The van der Waals surface area contributed by atoms with Crippen LogP contribution in [-0.4, -0.2) is 0 Å². The second-order valence-electron chi connectivity index (χ2n) is 3.85. The first-order chi connectivity index (χ1) is 9.22. The fourth-order valence-electron chi connectivity index (χ4n) is 1.57. The quantitative estimate of drug-likeness (QED) is 0.853. The Labute approximate surface area is 116 Å². The van der Waals surface area contributed by atoms with Crippen molar-refractivity contribution in [3.8, 4) is 17.9 Å². The Morgan fingerprint density at radius 2 is 1.89 bits per heavy atom. The van der Waals surface area contributed by atoms with Gasteiger partial charge in [0.05, 0.1) is 22.2 Å². The molecule has 0 atom stereocenters. The van der Waals surface area contributed by atoms with E-state index >= 15 is 0 Å². The molecular formula is C15H9ClN2O. The van der Waals surface area contributed by atoms with Crippen LogP contribution in [0.1, 0.15) is 16.7 Å². The molecule has 3 nitrogen and oxygen atoms in total. The van der Waals surface area contributed by atoms with Crippen LogP contribution in [-0.2, 0) is 6.61 Å². The standard InChI is InChI=1S/C15H9ClN2O/c16-15-7-14(5-4-13(15)9-18)19-10-12-3-1-2-11(6-12)8-17/h1-7H,10H2. The molecule has 0 unspecified atom stereocenters. The lowest BCUT2D eigenvalue weighted by Crippen LogP contribution is -1.96. The summed E-state index contributed by atoms with van der Waals surface area (Å²) in [6.07, 6.45) is 0. The Bertz CT molecular complexity index is 683. The lowest BCUT2D eigenvalue weighted by Gasteiger charge is -2.07. The third-order valence-electron chi connectivity index (χ3n) is 2.52. The average Bonchev–Trinajstić information content (AvgIpc) is 2.45. The minimum atomic E-state index is 0.345. The van der Waals surface area contributed by atoms with Gasteiger partial charge in [-0.15, -0.1) is 0 Å². The minimum absolute atomic E-state index is 0.345. The number of hydrogen-bond donors (Lipinski definition) is 0. The van der Waals surface area contributed by atoms with Crippen LogP contribution in [0.5, 0.6) is 5.75 Å². The van der Waals surface area contributed by atoms with Gasteiger partial charge in [-0.2, -0.15) is 10.5 Å². The molecule has 0 aliphatic carbocycles. The summed E-state index contributed by atoms with van der Waals surface area (Å²) in [4.78, 5) is 0. The lowest BCUT2D eigenvalue weighted by molar-refractivity contribution is 0.306. The van der Waals surface area contributed by atoms with Crippen LogP contribution in [0, 0.1) is 22.7 Å². The molecule has 0 aliphatic rings. The van der Waals surface area contributed by atoms with Gasteiger partial charge in [-0.25, -0.2) is 0 Å². The van der Waals surface area contributed by atoms with Crippen molar-refractivity contribution in [1.82, 2.24) is 0 Å². The highest BCUT2D eigenvalue weighted by Gasteiger charge is 2.02. The van der Waals surface area contributed by atoms with E-state index in [0.29, 0.717) is 28.5 Å². The number of hydrogen-bond acceptors (Lipinski definition) is 3. The fourth-order valence-corrected chi connectivity index (χ4v) is 1.79. The number of nitriles is 2. The molecule has 0 radical (unpaired) electrons. The molecule has 92 valence electrons. The van der Waals surface area contributed by atoms with Crippen molar-refractivity contribution in [3.05, 3.63) is 64.2 Å². The first-order valence-electron chi connectivity index (χ1n) is 5.54. The van der Waals surface area contributed by atoms with Gasteiger partial charge < -0.3 is 4.74 Å². The monoisotopic (exact) mass is 268 g/mol. The molecule has 0 amide bonds. The molecule has 2 aromatic carbocycles. The summed E-state index contributed by atoms with van der Waals surface area (Å²) in [5.74, 6) is 0.589. The second kappa shape index (κ2) is 5.91. The molecule has 0 saturated heterocycles. The minimum Gasteiger partial charge on any atom is -0.489 e. The Morgan fingerprint density at radius 1 is 1.05 bits per heavy atom. The molecule has 2 rings (SSSR count). The Hall–Kier alpha value is -2.49. The number of ether oxygens (including phenoxy) is 1. The highest BCUT2D eigenvalue weighted by Crippen LogP contribution is 2.22. The van der Waals surface area contributed by atoms with E-state index in [4.69, 9.17) is 26.9 Å². The van der Waals surface area contributed by atoms with Crippen molar-refractivity contribution in [1.29, 1.82) is 10.5 Å².